The molecule has 6 heteroatoms. The summed E-state index contributed by atoms with van der Waals surface area (Å²) >= 11 is 0. The number of hydrogen-bond acceptors (Lipinski definition) is 5. The Morgan fingerprint density at radius 2 is 2.15 bits per heavy atom. The van der Waals surface area contributed by atoms with Gasteiger partial charge < -0.3 is 23.9 Å². The van der Waals surface area contributed by atoms with Gasteiger partial charge in [0.25, 0.3) is 5.91 Å². The summed E-state index contributed by atoms with van der Waals surface area (Å²) in [4.78, 5) is 15.1. The first-order chi connectivity index (χ1) is 12.5. The molecule has 140 valence electrons. The Labute approximate surface area is 152 Å². The summed E-state index contributed by atoms with van der Waals surface area (Å²) in [5.74, 6) is 0.927. The summed E-state index contributed by atoms with van der Waals surface area (Å²) < 4.78 is 17.0. The number of amides is 1. The number of furan rings is 1. The monoisotopic (exact) mass is 359 g/mol. The van der Waals surface area contributed by atoms with E-state index in [0.717, 1.165) is 30.2 Å². The van der Waals surface area contributed by atoms with E-state index in [-0.39, 0.29) is 17.6 Å². The van der Waals surface area contributed by atoms with Gasteiger partial charge in [-0.1, -0.05) is 0 Å². The van der Waals surface area contributed by atoms with Crippen LogP contribution in [0.5, 0.6) is 5.75 Å². The lowest BCUT2D eigenvalue weighted by molar-refractivity contribution is -0.0826. The largest absolute Gasteiger partial charge is 0.497 e. The van der Waals surface area contributed by atoms with Crippen molar-refractivity contribution < 1.29 is 23.8 Å². The number of aliphatic hydroxyl groups excluding tert-OH is 1. The van der Waals surface area contributed by atoms with Crippen LogP contribution in [0.25, 0.3) is 11.0 Å². The van der Waals surface area contributed by atoms with Crippen LogP contribution in [0.2, 0.25) is 0 Å². The number of hydrogen-bond donors (Lipinski definition) is 1. The molecule has 1 aliphatic heterocycles. The molecule has 1 aromatic heterocycles. The number of rotatable bonds is 3. The normalized spacial score (nSPS) is 28.4. The van der Waals surface area contributed by atoms with Gasteiger partial charge in [-0.05, 0) is 44.7 Å². The van der Waals surface area contributed by atoms with E-state index in [0.29, 0.717) is 30.1 Å². The number of aliphatic hydroxyl groups is 1. The summed E-state index contributed by atoms with van der Waals surface area (Å²) in [5, 5.41) is 11.0. The Hall–Kier alpha value is -2.05. The molecule has 1 saturated carbocycles. The summed E-state index contributed by atoms with van der Waals surface area (Å²) in [6.45, 7) is 2.52. The number of fused-ring (bicyclic) bond motifs is 2. The van der Waals surface area contributed by atoms with Crippen molar-refractivity contribution in [2.24, 2.45) is 0 Å². The van der Waals surface area contributed by atoms with Crippen LogP contribution in [0.3, 0.4) is 0 Å². The van der Waals surface area contributed by atoms with Crippen molar-refractivity contribution >= 4 is 16.9 Å². The van der Waals surface area contributed by atoms with Crippen LogP contribution < -0.4 is 4.74 Å². The third kappa shape index (κ3) is 2.51. The van der Waals surface area contributed by atoms with Crippen molar-refractivity contribution in [3.05, 3.63) is 29.5 Å². The van der Waals surface area contributed by atoms with E-state index in [1.165, 1.54) is 0 Å². The maximum atomic E-state index is 13.3. The summed E-state index contributed by atoms with van der Waals surface area (Å²) in [6, 6.07) is 5.46. The Kier molecular flexibility index (Phi) is 4.20. The van der Waals surface area contributed by atoms with Gasteiger partial charge in [-0.25, -0.2) is 0 Å². The highest BCUT2D eigenvalue weighted by Crippen LogP contribution is 2.43. The molecule has 0 radical (unpaired) electrons. The van der Waals surface area contributed by atoms with Gasteiger partial charge in [-0.3, -0.25) is 4.79 Å². The van der Waals surface area contributed by atoms with Gasteiger partial charge in [-0.15, -0.1) is 0 Å². The highest BCUT2D eigenvalue weighted by Gasteiger charge is 2.52. The molecule has 3 atom stereocenters. The lowest BCUT2D eigenvalue weighted by Gasteiger charge is -2.42. The minimum atomic E-state index is -0.391. The van der Waals surface area contributed by atoms with Gasteiger partial charge in [0.1, 0.15) is 11.3 Å². The third-order valence-corrected chi connectivity index (χ3v) is 6.16. The van der Waals surface area contributed by atoms with E-state index in [1.54, 1.807) is 20.3 Å². The number of ether oxygens (including phenoxy) is 2. The van der Waals surface area contributed by atoms with E-state index in [1.807, 2.05) is 24.0 Å². The fourth-order valence-corrected chi connectivity index (χ4v) is 4.59. The molecule has 4 rings (SSSR count). The van der Waals surface area contributed by atoms with E-state index in [4.69, 9.17) is 13.9 Å². The smallest absolute Gasteiger partial charge is 0.290 e. The van der Waals surface area contributed by atoms with E-state index in [2.05, 4.69) is 0 Å². The van der Waals surface area contributed by atoms with Crippen LogP contribution in [-0.2, 0) is 4.74 Å². The van der Waals surface area contributed by atoms with Gasteiger partial charge >= 0.3 is 0 Å². The molecule has 2 aromatic rings. The number of carbonyl (C=O) groups excluding carboxylic acids is 1. The molecule has 2 fully saturated rings. The van der Waals surface area contributed by atoms with Crippen LogP contribution in [0.15, 0.2) is 22.6 Å². The average molecular weight is 359 g/mol. The Morgan fingerprint density at radius 3 is 2.88 bits per heavy atom. The lowest BCUT2D eigenvalue weighted by Crippen LogP contribution is -2.52. The van der Waals surface area contributed by atoms with Gasteiger partial charge in [0.2, 0.25) is 0 Å². The highest BCUT2D eigenvalue weighted by molar-refractivity contribution is 5.99. The first-order valence-corrected chi connectivity index (χ1v) is 9.10. The highest BCUT2D eigenvalue weighted by atomic mass is 16.5. The number of methoxy groups -OCH3 is 2. The number of likely N-dealkylation sites (tertiary alicyclic amines) is 1. The summed E-state index contributed by atoms with van der Waals surface area (Å²) in [6.07, 6.45) is 2.44. The zero-order chi connectivity index (χ0) is 18.5. The fourth-order valence-electron chi connectivity index (χ4n) is 4.59. The molecule has 1 aliphatic carbocycles. The first-order valence-electron chi connectivity index (χ1n) is 9.10. The standard InChI is InChI=1S/C20H25NO5/c1-12-15-5-4-14(24-2)11-16(15)26-18(12)19(23)21-9-8-20(25-3)7-6-13(22)10-17(20)21/h4-5,11,13,17,22H,6-10H2,1-3H3/t13-,17-,20+/m0/s1. The average Bonchev–Trinajstić information content (AvgIpc) is 3.19. The van der Waals surface area contributed by atoms with E-state index < -0.39 is 6.10 Å². The molecule has 6 nitrogen and oxygen atoms in total. The first kappa shape index (κ1) is 17.4. The van der Waals surface area contributed by atoms with Crippen LogP contribution in [-0.4, -0.2) is 54.4 Å². The predicted molar refractivity (Wildman–Crippen MR) is 96.5 cm³/mol. The molecule has 0 unspecified atom stereocenters. The SMILES string of the molecule is COc1ccc2c(C)c(C(=O)N3CC[C@]4(OC)CC[C@H](O)C[C@H]34)oc2c1. The van der Waals surface area contributed by atoms with Crippen molar-refractivity contribution in [3.63, 3.8) is 0 Å². The van der Waals surface area contributed by atoms with Crippen molar-refractivity contribution in [2.75, 3.05) is 20.8 Å². The predicted octanol–water partition coefficient (Wildman–Crippen LogP) is 2.89. The molecule has 0 spiro atoms. The second-order valence-electron chi connectivity index (χ2n) is 7.38. The Balaban J connectivity index is 1.69. The van der Waals surface area contributed by atoms with Crippen molar-refractivity contribution in [3.8, 4) is 5.75 Å². The number of nitrogens with zero attached hydrogens (tertiary/aromatic N) is 1. The molecular formula is C20H25NO5. The van der Waals surface area contributed by atoms with Crippen LogP contribution in [0.1, 0.15) is 41.8 Å². The molecule has 1 N–H and O–H groups in total. The minimum Gasteiger partial charge on any atom is -0.497 e. The lowest BCUT2D eigenvalue weighted by atomic mass is 9.79. The molecule has 1 amide bonds. The fraction of sp³-hybridized carbons (Fsp3) is 0.550. The maximum Gasteiger partial charge on any atom is 0.290 e. The van der Waals surface area contributed by atoms with Gasteiger partial charge in [0.05, 0.1) is 24.9 Å². The Bertz CT molecular complexity index is 844. The number of benzene rings is 1. The molecule has 1 aromatic carbocycles. The van der Waals surface area contributed by atoms with Crippen LogP contribution >= 0.6 is 0 Å². The van der Waals surface area contributed by atoms with Gasteiger partial charge in [0, 0.05) is 30.7 Å². The molecule has 0 bridgehead atoms. The summed E-state index contributed by atoms with van der Waals surface area (Å²) in [5.41, 5.74) is 1.13. The molecule has 2 heterocycles. The van der Waals surface area contributed by atoms with Crippen LogP contribution in [0, 0.1) is 6.92 Å². The number of aryl methyl sites for hydroxylation is 1. The topological polar surface area (TPSA) is 72.1 Å². The van der Waals surface area contributed by atoms with Crippen molar-refractivity contribution in [1.29, 1.82) is 0 Å². The molecule has 26 heavy (non-hydrogen) atoms. The van der Waals surface area contributed by atoms with Crippen molar-refractivity contribution in [1.82, 2.24) is 4.90 Å². The third-order valence-electron chi connectivity index (χ3n) is 6.16. The quantitative estimate of drug-likeness (QED) is 0.912. The molecular weight excluding hydrogens is 334 g/mol. The van der Waals surface area contributed by atoms with Gasteiger partial charge in [0.15, 0.2) is 5.76 Å². The zero-order valence-electron chi connectivity index (χ0n) is 15.4. The molecule has 2 aliphatic rings. The number of carbonyl (C=O) groups is 1. The molecule has 1 saturated heterocycles. The minimum absolute atomic E-state index is 0.120. The second-order valence-corrected chi connectivity index (χ2v) is 7.38. The summed E-state index contributed by atoms with van der Waals surface area (Å²) in [7, 11) is 3.31. The zero-order valence-corrected chi connectivity index (χ0v) is 15.4. The van der Waals surface area contributed by atoms with E-state index in [9.17, 15) is 9.90 Å². The maximum absolute atomic E-state index is 13.3. The van der Waals surface area contributed by atoms with Crippen LogP contribution in [0.4, 0.5) is 0 Å². The van der Waals surface area contributed by atoms with Crippen molar-refractivity contribution in [2.45, 2.75) is 50.4 Å². The Morgan fingerprint density at radius 1 is 1.35 bits per heavy atom. The van der Waals surface area contributed by atoms with Gasteiger partial charge in [-0.2, -0.15) is 0 Å². The second kappa shape index (κ2) is 6.28. The van der Waals surface area contributed by atoms with E-state index >= 15 is 0 Å².